The molecule has 0 spiro atoms. The molecule has 4 aromatic carbocycles. The molecule has 0 aliphatic carbocycles. The van der Waals surface area contributed by atoms with Crippen molar-refractivity contribution in [1.82, 2.24) is 0 Å². The molecule has 0 radical (unpaired) electrons. The molecule has 2 atom stereocenters. The van der Waals surface area contributed by atoms with Crippen molar-refractivity contribution < 1.29 is 24.2 Å². The first-order chi connectivity index (χ1) is 19.4. The van der Waals surface area contributed by atoms with Crippen LogP contribution in [0.25, 0.3) is 0 Å². The monoisotopic (exact) mass is 534 g/mol. The molecule has 0 heterocycles. The van der Waals surface area contributed by atoms with Gasteiger partial charge in [0.2, 0.25) is 5.91 Å². The van der Waals surface area contributed by atoms with Crippen molar-refractivity contribution in [3.8, 4) is 17.6 Å². The number of anilines is 3. The van der Waals surface area contributed by atoms with Gasteiger partial charge in [-0.15, -0.1) is 0 Å². The van der Waals surface area contributed by atoms with Crippen LogP contribution in [0.1, 0.15) is 17.2 Å². The summed E-state index contributed by atoms with van der Waals surface area (Å²) in [6.45, 7) is 0. The Hall–Kier alpha value is -5.75. The summed E-state index contributed by atoms with van der Waals surface area (Å²) in [6.07, 6.45) is -0.0366. The first kappa shape index (κ1) is 27.3. The lowest BCUT2D eigenvalue weighted by atomic mass is 10.0. The number of phenols is 1. The summed E-state index contributed by atoms with van der Waals surface area (Å²) in [4.78, 5) is 25.7. The fourth-order valence-electron chi connectivity index (χ4n) is 3.71. The second kappa shape index (κ2) is 13.2. The minimum atomic E-state index is -1.04. The van der Waals surface area contributed by atoms with Gasteiger partial charge in [0, 0.05) is 11.8 Å². The van der Waals surface area contributed by atoms with Crippen molar-refractivity contribution in [2.45, 2.75) is 12.2 Å². The number of amides is 2. The van der Waals surface area contributed by atoms with Crippen molar-refractivity contribution in [3.05, 3.63) is 126 Å². The van der Waals surface area contributed by atoms with E-state index in [2.05, 4.69) is 10.6 Å². The van der Waals surface area contributed by atoms with E-state index in [0.717, 1.165) is 0 Å². The van der Waals surface area contributed by atoms with E-state index < -0.39 is 24.2 Å². The highest BCUT2D eigenvalue weighted by atomic mass is 16.6. The third-order valence-electron chi connectivity index (χ3n) is 5.69. The van der Waals surface area contributed by atoms with Crippen LogP contribution in [0, 0.1) is 11.3 Å². The van der Waals surface area contributed by atoms with Gasteiger partial charge in [0.25, 0.3) is 0 Å². The molecule has 0 bridgehead atoms. The largest absolute Gasteiger partial charge is 0.508 e. The summed E-state index contributed by atoms with van der Waals surface area (Å²) in [7, 11) is 0. The molecule has 0 fully saturated rings. The second-order valence-electron chi connectivity index (χ2n) is 8.56. The number of nitrogens with one attached hydrogen (secondary N) is 2. The first-order valence-corrected chi connectivity index (χ1v) is 12.2. The normalized spacial score (nSPS) is 12.1. The number of carbonyl (C=O) groups is 2. The molecule has 9 heteroatoms. The minimum absolute atomic E-state index is 0.0282. The molecule has 2 amide bonds. The van der Waals surface area contributed by atoms with Crippen LogP contribution in [-0.2, 0) is 9.53 Å². The van der Waals surface area contributed by atoms with E-state index in [1.54, 1.807) is 84.9 Å². The Morgan fingerprint density at radius 3 is 2.23 bits per heavy atom. The first-order valence-electron chi connectivity index (χ1n) is 12.2. The van der Waals surface area contributed by atoms with Crippen LogP contribution in [-0.4, -0.2) is 23.2 Å². The molecule has 4 aromatic rings. The molecule has 4 rings (SSSR count). The van der Waals surface area contributed by atoms with E-state index in [0.29, 0.717) is 33.9 Å². The molecule has 0 aliphatic rings. The molecule has 0 unspecified atom stereocenters. The Morgan fingerprint density at radius 1 is 0.875 bits per heavy atom. The summed E-state index contributed by atoms with van der Waals surface area (Å²) < 4.78 is 12.0. The number of nitrogens with zero attached hydrogens (tertiary/aromatic N) is 1. The average Bonchev–Trinajstić information content (AvgIpc) is 2.97. The van der Waals surface area contributed by atoms with Crippen LogP contribution in [0.2, 0.25) is 0 Å². The smallest absolute Gasteiger partial charge is 0.412 e. The Balaban J connectivity index is 1.62. The SMILES string of the molecule is N#Cc1ccc(NC(=O)O[C@H](c2ccc(O)cc2)[C@@H](/C=C/C(=O)Nc2ccccc2N)Oc2ccccc2)cc1. The van der Waals surface area contributed by atoms with Crippen LogP contribution in [0.4, 0.5) is 21.9 Å². The number of rotatable bonds is 9. The lowest BCUT2D eigenvalue weighted by Crippen LogP contribution is -2.30. The predicted octanol–water partition coefficient (Wildman–Crippen LogP) is 5.78. The van der Waals surface area contributed by atoms with Crippen molar-refractivity contribution >= 4 is 29.1 Å². The van der Waals surface area contributed by atoms with Gasteiger partial charge in [0.15, 0.2) is 12.2 Å². The molecule has 0 saturated heterocycles. The van der Waals surface area contributed by atoms with Crippen LogP contribution in [0.5, 0.6) is 11.5 Å². The van der Waals surface area contributed by atoms with Gasteiger partial charge in [-0.05, 0) is 72.3 Å². The Kier molecular flexibility index (Phi) is 8.98. The lowest BCUT2D eigenvalue weighted by molar-refractivity contribution is -0.112. The molecule has 0 aromatic heterocycles. The number of benzene rings is 4. The van der Waals surface area contributed by atoms with Crippen molar-refractivity contribution in [1.29, 1.82) is 5.26 Å². The van der Waals surface area contributed by atoms with Crippen molar-refractivity contribution in [2.24, 2.45) is 0 Å². The molecule has 40 heavy (non-hydrogen) atoms. The second-order valence-corrected chi connectivity index (χ2v) is 8.56. The highest BCUT2D eigenvalue weighted by molar-refractivity contribution is 6.01. The number of nitrogen functional groups attached to an aromatic ring is 1. The summed E-state index contributed by atoms with van der Waals surface area (Å²) in [5.74, 6) is 0.0382. The molecule has 0 aliphatic heterocycles. The van der Waals surface area contributed by atoms with Crippen molar-refractivity contribution in [3.63, 3.8) is 0 Å². The Morgan fingerprint density at radius 2 is 1.55 bits per heavy atom. The van der Waals surface area contributed by atoms with Gasteiger partial charge in [-0.2, -0.15) is 5.26 Å². The number of nitrogens with two attached hydrogens (primary N) is 1. The number of aromatic hydroxyl groups is 1. The van der Waals surface area contributed by atoms with Gasteiger partial charge in [0.05, 0.1) is 23.0 Å². The van der Waals surface area contributed by atoms with E-state index in [1.807, 2.05) is 12.1 Å². The maximum atomic E-state index is 13.0. The zero-order valence-electron chi connectivity index (χ0n) is 21.2. The van der Waals surface area contributed by atoms with Crippen LogP contribution >= 0.6 is 0 Å². The molecule has 9 nitrogen and oxygen atoms in total. The topological polar surface area (TPSA) is 147 Å². The van der Waals surface area contributed by atoms with E-state index in [9.17, 15) is 14.7 Å². The predicted molar refractivity (Wildman–Crippen MR) is 152 cm³/mol. The van der Waals surface area contributed by atoms with E-state index in [-0.39, 0.29) is 5.75 Å². The van der Waals surface area contributed by atoms with E-state index in [1.165, 1.54) is 24.3 Å². The third kappa shape index (κ3) is 7.63. The van der Waals surface area contributed by atoms with Crippen molar-refractivity contribution in [2.75, 3.05) is 16.4 Å². The Labute approximate surface area is 231 Å². The zero-order chi connectivity index (χ0) is 28.3. The summed E-state index contributed by atoms with van der Waals surface area (Å²) >= 11 is 0. The van der Waals surface area contributed by atoms with Gasteiger partial charge in [-0.3, -0.25) is 10.1 Å². The van der Waals surface area contributed by atoms with Crippen LogP contribution in [0.15, 0.2) is 115 Å². The quantitative estimate of drug-likeness (QED) is 0.157. The minimum Gasteiger partial charge on any atom is -0.508 e. The molecule has 5 N–H and O–H groups in total. The highest BCUT2D eigenvalue weighted by Crippen LogP contribution is 2.29. The molecular formula is C31H26N4O5. The van der Waals surface area contributed by atoms with E-state index in [4.69, 9.17) is 20.5 Å². The fraction of sp³-hybridized carbons (Fsp3) is 0.0645. The number of ether oxygens (including phenoxy) is 2. The number of para-hydroxylation sites is 3. The number of hydrogen-bond donors (Lipinski definition) is 4. The highest BCUT2D eigenvalue weighted by Gasteiger charge is 2.28. The molecule has 0 saturated carbocycles. The van der Waals surface area contributed by atoms with Crippen LogP contribution in [0.3, 0.4) is 0 Å². The maximum absolute atomic E-state index is 13.0. The van der Waals surface area contributed by atoms with Gasteiger partial charge in [-0.1, -0.05) is 42.5 Å². The number of nitriles is 1. The summed E-state index contributed by atoms with van der Waals surface area (Å²) in [6, 6.07) is 30.1. The zero-order valence-corrected chi connectivity index (χ0v) is 21.2. The summed E-state index contributed by atoms with van der Waals surface area (Å²) in [5, 5.41) is 24.2. The average molecular weight is 535 g/mol. The standard InChI is InChI=1S/C31H26N4O5/c32-20-21-10-14-23(15-11-21)34-31(38)40-30(22-12-16-24(36)17-13-22)28(39-25-6-2-1-3-7-25)18-19-29(37)35-27-9-5-4-8-26(27)33/h1-19,28,30,36H,33H2,(H,34,38)(H,35,37)/b19-18+/t28-,30-/m1/s1. The van der Waals surface area contributed by atoms with Gasteiger partial charge >= 0.3 is 6.09 Å². The van der Waals surface area contributed by atoms with Gasteiger partial charge in [-0.25, -0.2) is 4.79 Å². The number of phenolic OH excluding ortho intramolecular Hbond substituents is 1. The Bertz CT molecular complexity index is 1510. The lowest BCUT2D eigenvalue weighted by Gasteiger charge is -2.26. The van der Waals surface area contributed by atoms with Gasteiger partial charge in [0.1, 0.15) is 11.5 Å². The third-order valence-corrected chi connectivity index (χ3v) is 5.69. The number of hydrogen-bond acceptors (Lipinski definition) is 7. The number of carbonyl (C=O) groups excluding carboxylic acids is 2. The van der Waals surface area contributed by atoms with Crippen LogP contribution < -0.4 is 21.1 Å². The van der Waals surface area contributed by atoms with Gasteiger partial charge < -0.3 is 25.6 Å². The molecule has 200 valence electrons. The summed E-state index contributed by atoms with van der Waals surface area (Å²) in [5.41, 5.74) is 8.16. The fourth-order valence-corrected chi connectivity index (χ4v) is 3.71. The maximum Gasteiger partial charge on any atom is 0.412 e. The van der Waals surface area contributed by atoms with E-state index >= 15 is 0 Å². The molecular weight excluding hydrogens is 508 g/mol.